The van der Waals surface area contributed by atoms with Crippen LogP contribution in [-0.2, 0) is 4.74 Å². The van der Waals surface area contributed by atoms with E-state index in [4.69, 9.17) is 10.5 Å². The Morgan fingerprint density at radius 2 is 2.18 bits per heavy atom. The number of hydrogen-bond donors (Lipinski definition) is 1. The molecular weight excluding hydrogens is 280 g/mol. The molecule has 1 heterocycles. The minimum atomic E-state index is 0.309. The van der Waals surface area contributed by atoms with Gasteiger partial charge in [-0.15, -0.1) is 0 Å². The Balaban J connectivity index is 2.08. The molecule has 0 radical (unpaired) electrons. The average molecular weight is 299 g/mol. The zero-order valence-electron chi connectivity index (χ0n) is 10.1. The minimum absolute atomic E-state index is 0.309. The predicted octanol–water partition coefficient (Wildman–Crippen LogP) is 2.17. The Morgan fingerprint density at radius 1 is 1.47 bits per heavy atom. The molecule has 2 unspecified atom stereocenters. The fourth-order valence-corrected chi connectivity index (χ4v) is 2.67. The maximum Gasteiger partial charge on any atom is 0.0710 e. The van der Waals surface area contributed by atoms with Crippen molar-refractivity contribution in [1.82, 2.24) is 4.90 Å². The minimum Gasteiger partial charge on any atom is -0.380 e. The Kier molecular flexibility index (Phi) is 4.56. The SMILES string of the molecule is COC1CCN(C(CN)c2ccc(Br)cc2)C1. The van der Waals surface area contributed by atoms with Gasteiger partial charge in [-0.25, -0.2) is 0 Å². The lowest BCUT2D eigenvalue weighted by molar-refractivity contribution is 0.101. The Morgan fingerprint density at radius 3 is 2.71 bits per heavy atom. The van der Waals surface area contributed by atoms with Crippen molar-refractivity contribution in [2.24, 2.45) is 5.73 Å². The summed E-state index contributed by atoms with van der Waals surface area (Å²) in [4.78, 5) is 2.41. The molecule has 2 rings (SSSR count). The second kappa shape index (κ2) is 5.96. The van der Waals surface area contributed by atoms with Crippen molar-refractivity contribution in [2.45, 2.75) is 18.6 Å². The molecule has 0 aliphatic carbocycles. The van der Waals surface area contributed by atoms with Gasteiger partial charge in [-0.1, -0.05) is 28.1 Å². The highest BCUT2D eigenvalue weighted by molar-refractivity contribution is 9.10. The highest BCUT2D eigenvalue weighted by Gasteiger charge is 2.28. The molecule has 0 saturated carbocycles. The summed E-state index contributed by atoms with van der Waals surface area (Å²) >= 11 is 3.46. The van der Waals surface area contributed by atoms with Gasteiger partial charge in [0.1, 0.15) is 0 Å². The normalized spacial score (nSPS) is 22.9. The molecule has 1 aliphatic heterocycles. The summed E-state index contributed by atoms with van der Waals surface area (Å²) in [5.41, 5.74) is 7.20. The molecule has 1 aliphatic rings. The van der Waals surface area contributed by atoms with Crippen LogP contribution in [0.3, 0.4) is 0 Å². The molecule has 94 valence electrons. The summed E-state index contributed by atoms with van der Waals surface area (Å²) in [6.45, 7) is 2.70. The first-order chi connectivity index (χ1) is 8.24. The van der Waals surface area contributed by atoms with E-state index in [0.29, 0.717) is 18.7 Å². The van der Waals surface area contributed by atoms with Crippen LogP contribution in [0.2, 0.25) is 0 Å². The maximum absolute atomic E-state index is 5.92. The molecular formula is C13H19BrN2O. The number of nitrogens with zero attached hydrogens (tertiary/aromatic N) is 1. The van der Waals surface area contributed by atoms with Gasteiger partial charge in [0.15, 0.2) is 0 Å². The van der Waals surface area contributed by atoms with Gasteiger partial charge in [0, 0.05) is 37.3 Å². The molecule has 2 atom stereocenters. The summed E-state index contributed by atoms with van der Waals surface area (Å²) < 4.78 is 6.51. The van der Waals surface area contributed by atoms with Crippen molar-refractivity contribution in [2.75, 3.05) is 26.7 Å². The standard InChI is InChI=1S/C13H19BrN2O/c1-17-12-6-7-16(9-12)13(8-15)10-2-4-11(14)5-3-10/h2-5,12-13H,6-9,15H2,1H3. The van der Waals surface area contributed by atoms with Crippen LogP contribution in [-0.4, -0.2) is 37.7 Å². The quantitative estimate of drug-likeness (QED) is 0.926. The lowest BCUT2D eigenvalue weighted by Crippen LogP contribution is -2.32. The van der Waals surface area contributed by atoms with Gasteiger partial charge < -0.3 is 10.5 Å². The summed E-state index contributed by atoms with van der Waals surface area (Å²) in [6.07, 6.45) is 1.46. The van der Waals surface area contributed by atoms with Gasteiger partial charge in [0.2, 0.25) is 0 Å². The van der Waals surface area contributed by atoms with E-state index in [1.807, 2.05) is 0 Å². The fraction of sp³-hybridized carbons (Fsp3) is 0.538. The topological polar surface area (TPSA) is 38.5 Å². The largest absolute Gasteiger partial charge is 0.380 e. The first-order valence-corrected chi connectivity index (χ1v) is 6.76. The number of ether oxygens (including phenoxy) is 1. The number of nitrogens with two attached hydrogens (primary N) is 1. The molecule has 1 saturated heterocycles. The summed E-state index contributed by atoms with van der Waals surface area (Å²) in [7, 11) is 1.78. The molecule has 1 fully saturated rings. The van der Waals surface area contributed by atoms with Crippen LogP contribution in [0, 0.1) is 0 Å². The molecule has 1 aromatic carbocycles. The van der Waals surface area contributed by atoms with Crippen molar-refractivity contribution in [1.29, 1.82) is 0 Å². The average Bonchev–Trinajstić information content (AvgIpc) is 2.81. The van der Waals surface area contributed by atoms with Gasteiger partial charge >= 0.3 is 0 Å². The first-order valence-electron chi connectivity index (χ1n) is 5.97. The molecule has 1 aromatic rings. The van der Waals surface area contributed by atoms with Crippen LogP contribution in [0.5, 0.6) is 0 Å². The summed E-state index contributed by atoms with van der Waals surface area (Å²) in [5, 5.41) is 0. The van der Waals surface area contributed by atoms with Crippen molar-refractivity contribution in [3.05, 3.63) is 34.3 Å². The molecule has 4 heteroatoms. The van der Waals surface area contributed by atoms with E-state index in [2.05, 4.69) is 45.1 Å². The van der Waals surface area contributed by atoms with Gasteiger partial charge in [0.25, 0.3) is 0 Å². The van der Waals surface area contributed by atoms with E-state index in [1.165, 1.54) is 5.56 Å². The fourth-order valence-electron chi connectivity index (χ4n) is 2.41. The zero-order chi connectivity index (χ0) is 12.3. The maximum atomic E-state index is 5.92. The van der Waals surface area contributed by atoms with Crippen LogP contribution in [0.4, 0.5) is 0 Å². The summed E-state index contributed by atoms with van der Waals surface area (Å²) in [5.74, 6) is 0. The van der Waals surface area contributed by atoms with Crippen molar-refractivity contribution in [3.8, 4) is 0 Å². The van der Waals surface area contributed by atoms with E-state index in [1.54, 1.807) is 7.11 Å². The van der Waals surface area contributed by atoms with E-state index in [9.17, 15) is 0 Å². The molecule has 0 bridgehead atoms. The van der Waals surface area contributed by atoms with Crippen LogP contribution in [0.15, 0.2) is 28.7 Å². The number of likely N-dealkylation sites (tertiary alicyclic amines) is 1. The summed E-state index contributed by atoms with van der Waals surface area (Å²) in [6, 6.07) is 8.73. The molecule has 2 N–H and O–H groups in total. The molecule has 0 spiro atoms. The van der Waals surface area contributed by atoms with Crippen LogP contribution < -0.4 is 5.73 Å². The monoisotopic (exact) mass is 298 g/mol. The van der Waals surface area contributed by atoms with Gasteiger partial charge in [-0.05, 0) is 24.1 Å². The highest BCUT2D eigenvalue weighted by Crippen LogP contribution is 2.26. The molecule has 17 heavy (non-hydrogen) atoms. The Bertz CT molecular complexity index is 355. The van der Waals surface area contributed by atoms with E-state index >= 15 is 0 Å². The van der Waals surface area contributed by atoms with Gasteiger partial charge in [-0.3, -0.25) is 4.90 Å². The number of halogens is 1. The molecule has 0 aromatic heterocycles. The second-order valence-corrected chi connectivity index (χ2v) is 5.36. The number of benzene rings is 1. The van der Waals surface area contributed by atoms with E-state index in [0.717, 1.165) is 24.0 Å². The third-order valence-electron chi connectivity index (χ3n) is 3.43. The van der Waals surface area contributed by atoms with E-state index in [-0.39, 0.29) is 0 Å². The van der Waals surface area contributed by atoms with E-state index < -0.39 is 0 Å². The predicted molar refractivity (Wildman–Crippen MR) is 72.9 cm³/mol. The number of hydrogen-bond acceptors (Lipinski definition) is 3. The van der Waals surface area contributed by atoms with Crippen LogP contribution >= 0.6 is 15.9 Å². The van der Waals surface area contributed by atoms with Crippen LogP contribution in [0.1, 0.15) is 18.0 Å². The lowest BCUT2D eigenvalue weighted by atomic mass is 10.1. The lowest BCUT2D eigenvalue weighted by Gasteiger charge is -2.27. The second-order valence-electron chi connectivity index (χ2n) is 4.44. The molecule has 0 amide bonds. The van der Waals surface area contributed by atoms with Crippen molar-refractivity contribution < 1.29 is 4.74 Å². The Hall–Kier alpha value is -0.420. The van der Waals surface area contributed by atoms with Gasteiger partial charge in [-0.2, -0.15) is 0 Å². The van der Waals surface area contributed by atoms with Gasteiger partial charge in [0.05, 0.1) is 6.10 Å². The van der Waals surface area contributed by atoms with Crippen LogP contribution in [0.25, 0.3) is 0 Å². The zero-order valence-corrected chi connectivity index (χ0v) is 11.7. The van der Waals surface area contributed by atoms with Crippen molar-refractivity contribution in [3.63, 3.8) is 0 Å². The van der Waals surface area contributed by atoms with Crippen molar-refractivity contribution >= 4 is 15.9 Å². The first kappa shape index (κ1) is 13.0. The Labute approximate surface area is 111 Å². The number of rotatable bonds is 4. The smallest absolute Gasteiger partial charge is 0.0710 e. The molecule has 3 nitrogen and oxygen atoms in total. The number of methoxy groups -OCH3 is 1. The third-order valence-corrected chi connectivity index (χ3v) is 3.96. The third kappa shape index (κ3) is 3.07. The highest BCUT2D eigenvalue weighted by atomic mass is 79.9.